The van der Waals surface area contributed by atoms with Gasteiger partial charge in [0.05, 0.1) is 24.0 Å². The number of alkyl halides is 1. The normalized spacial score (nSPS) is 10.5. The Morgan fingerprint density at radius 2 is 1.43 bits per heavy atom. The van der Waals surface area contributed by atoms with Crippen molar-refractivity contribution >= 4 is 70.7 Å². The minimum atomic E-state index is 0.228. The number of thioether (sulfide) groups is 1. The van der Waals surface area contributed by atoms with Crippen LogP contribution in [0.3, 0.4) is 0 Å². The second-order valence-corrected chi connectivity index (χ2v) is 11.7. The molecule has 0 unspecified atom stereocenters. The third-order valence-corrected chi connectivity index (χ3v) is 7.53. The minimum absolute atomic E-state index is 0.228. The second-order valence-electron chi connectivity index (χ2n) is 9.24. The average molecular weight is 732 g/mol. The molecule has 0 aliphatic carbocycles. The Morgan fingerprint density at radius 1 is 0.809 bits per heavy atom. The SMILES string of the molecule is CCc1nc(=S)nc(N)[nH]1.CCc1nc(N)nc(SCc2ncc(-c3cccc(Cl)c3)o2)n1.ClCc1ncc(-c2cccc(Cl)c2)o1. The van der Waals surface area contributed by atoms with E-state index in [0.29, 0.717) is 67.2 Å². The van der Waals surface area contributed by atoms with Gasteiger partial charge in [0.25, 0.3) is 0 Å². The fraction of sp³-hybridized carbons (Fsp3) is 0.200. The number of nitrogens with one attached hydrogen (secondary N) is 1. The molecule has 4 aromatic heterocycles. The van der Waals surface area contributed by atoms with Crippen LogP contribution in [0.2, 0.25) is 10.0 Å². The zero-order valence-corrected chi connectivity index (χ0v) is 29.1. The fourth-order valence-electron chi connectivity index (χ4n) is 3.68. The van der Waals surface area contributed by atoms with E-state index in [1.807, 2.05) is 62.4 Å². The first-order valence-corrected chi connectivity index (χ1v) is 16.7. The molecule has 0 spiro atoms. The van der Waals surface area contributed by atoms with Gasteiger partial charge in [0.2, 0.25) is 28.4 Å². The predicted octanol–water partition coefficient (Wildman–Crippen LogP) is 8.03. The number of aryl methyl sites for hydroxylation is 2. The molecule has 0 fully saturated rings. The number of oxazole rings is 2. The maximum Gasteiger partial charge on any atom is 0.224 e. The number of benzene rings is 2. The third-order valence-electron chi connectivity index (χ3n) is 5.81. The number of hydrogen-bond donors (Lipinski definition) is 3. The van der Waals surface area contributed by atoms with Gasteiger partial charge in [-0.05, 0) is 36.5 Å². The highest BCUT2D eigenvalue weighted by molar-refractivity contribution is 7.98. The first-order valence-electron chi connectivity index (χ1n) is 14.0. The number of nitrogen functional groups attached to an aromatic ring is 2. The minimum Gasteiger partial charge on any atom is -0.440 e. The topological polar surface area (TPSA) is 184 Å². The molecule has 0 amide bonds. The molecule has 6 aromatic rings. The maximum atomic E-state index is 5.99. The number of H-pyrrole nitrogens is 1. The van der Waals surface area contributed by atoms with Crippen LogP contribution >= 0.6 is 58.8 Å². The van der Waals surface area contributed by atoms with Gasteiger partial charge in [-0.15, -0.1) is 11.6 Å². The van der Waals surface area contributed by atoms with Gasteiger partial charge in [-0.25, -0.2) is 19.9 Å². The van der Waals surface area contributed by atoms with Crippen LogP contribution in [0.15, 0.2) is 74.9 Å². The van der Waals surface area contributed by atoms with Gasteiger partial charge >= 0.3 is 0 Å². The van der Waals surface area contributed by atoms with Crippen LogP contribution in [0.4, 0.5) is 11.9 Å². The van der Waals surface area contributed by atoms with Crippen molar-refractivity contribution in [2.24, 2.45) is 0 Å². The summed E-state index contributed by atoms with van der Waals surface area (Å²) in [7, 11) is 0. The quantitative estimate of drug-likeness (QED) is 0.0777. The Balaban J connectivity index is 0.000000177. The van der Waals surface area contributed by atoms with E-state index in [1.54, 1.807) is 12.4 Å². The number of aromatic nitrogens is 8. The molecular formula is C30H29Cl3N10O2S2. The summed E-state index contributed by atoms with van der Waals surface area (Å²) in [4.78, 5) is 31.2. The highest BCUT2D eigenvalue weighted by Gasteiger charge is 2.10. The molecule has 244 valence electrons. The van der Waals surface area contributed by atoms with Crippen molar-refractivity contribution in [3.63, 3.8) is 0 Å². The molecule has 6 rings (SSSR count). The molecule has 17 heteroatoms. The van der Waals surface area contributed by atoms with Crippen molar-refractivity contribution in [1.82, 2.24) is 39.9 Å². The molecule has 5 N–H and O–H groups in total. The number of nitrogens with zero attached hydrogens (tertiary/aromatic N) is 7. The summed E-state index contributed by atoms with van der Waals surface area (Å²) in [6.07, 6.45) is 4.82. The van der Waals surface area contributed by atoms with E-state index in [-0.39, 0.29) is 11.8 Å². The smallest absolute Gasteiger partial charge is 0.224 e. The van der Waals surface area contributed by atoms with Crippen molar-refractivity contribution in [3.8, 4) is 22.6 Å². The van der Waals surface area contributed by atoms with Gasteiger partial charge in [0.15, 0.2) is 16.7 Å². The first-order chi connectivity index (χ1) is 22.6. The van der Waals surface area contributed by atoms with Gasteiger partial charge in [-0.1, -0.05) is 73.1 Å². The summed E-state index contributed by atoms with van der Waals surface area (Å²) in [5, 5.41) is 1.89. The largest absolute Gasteiger partial charge is 0.440 e. The molecule has 0 aliphatic rings. The van der Waals surface area contributed by atoms with Crippen molar-refractivity contribution in [3.05, 3.63) is 99.2 Å². The third kappa shape index (κ3) is 11.3. The van der Waals surface area contributed by atoms with E-state index in [9.17, 15) is 0 Å². The number of nitrogens with two attached hydrogens (primary N) is 2. The van der Waals surface area contributed by atoms with Crippen LogP contribution in [0.25, 0.3) is 22.6 Å². The predicted molar refractivity (Wildman–Crippen MR) is 188 cm³/mol. The van der Waals surface area contributed by atoms with Gasteiger partial charge in [-0.3, -0.25) is 0 Å². The van der Waals surface area contributed by atoms with Crippen LogP contribution in [-0.2, 0) is 24.5 Å². The number of aromatic amines is 1. The van der Waals surface area contributed by atoms with Crippen LogP contribution < -0.4 is 11.5 Å². The summed E-state index contributed by atoms with van der Waals surface area (Å²) in [5.41, 5.74) is 12.8. The lowest BCUT2D eigenvalue weighted by atomic mass is 10.2. The number of hydrogen-bond acceptors (Lipinski definition) is 13. The summed E-state index contributed by atoms with van der Waals surface area (Å²) in [5.74, 6) is 5.25. The summed E-state index contributed by atoms with van der Waals surface area (Å²) < 4.78 is 11.4. The van der Waals surface area contributed by atoms with Gasteiger partial charge in [-0.2, -0.15) is 15.0 Å². The second kappa shape index (κ2) is 17.7. The van der Waals surface area contributed by atoms with Crippen molar-refractivity contribution in [2.45, 2.75) is 43.5 Å². The molecule has 12 nitrogen and oxygen atoms in total. The standard InChI is InChI=1S/C15H14ClN5OS.C10H7Cl2NO.C5H8N4S/c1-2-12-19-14(17)21-15(20-12)23-8-13-18-7-11(22-13)9-4-3-5-10(16)6-9;11-5-10-13-6-9(14-10)7-2-1-3-8(12)4-7;1-2-3-7-4(6)9-5(10)8-3/h3-7H,2,8H2,1H3,(H2,17,19,20,21);1-4,6H,5H2;2H2,1H3,(H3,6,7,8,9,10). The molecule has 4 heterocycles. The van der Waals surface area contributed by atoms with E-state index in [2.05, 4.69) is 39.9 Å². The molecule has 0 bridgehead atoms. The average Bonchev–Trinajstić information content (AvgIpc) is 3.74. The zero-order valence-electron chi connectivity index (χ0n) is 25.2. The highest BCUT2D eigenvalue weighted by Crippen LogP contribution is 2.26. The van der Waals surface area contributed by atoms with Crippen molar-refractivity contribution in [2.75, 3.05) is 11.5 Å². The van der Waals surface area contributed by atoms with Crippen LogP contribution in [0, 0.1) is 4.77 Å². The summed E-state index contributed by atoms with van der Waals surface area (Å²) >= 11 is 23.5. The Kier molecular flexibility index (Phi) is 13.5. The van der Waals surface area contributed by atoms with E-state index in [0.717, 1.165) is 23.4 Å². The monoisotopic (exact) mass is 730 g/mol. The van der Waals surface area contributed by atoms with Gasteiger partial charge in [0.1, 0.15) is 11.6 Å². The number of rotatable bonds is 8. The van der Waals surface area contributed by atoms with Crippen LogP contribution in [0.1, 0.15) is 37.3 Å². The lowest BCUT2D eigenvalue weighted by molar-refractivity contribution is 0.528. The molecule has 0 saturated carbocycles. The van der Waals surface area contributed by atoms with Crippen molar-refractivity contribution < 1.29 is 8.83 Å². The first kappa shape index (κ1) is 35.8. The molecule has 0 saturated heterocycles. The Bertz CT molecular complexity index is 1970. The van der Waals surface area contributed by atoms with Crippen LogP contribution in [-0.4, -0.2) is 39.9 Å². The molecule has 0 atom stereocenters. The molecule has 47 heavy (non-hydrogen) atoms. The van der Waals surface area contributed by atoms with E-state index >= 15 is 0 Å². The molecule has 0 radical (unpaired) electrons. The van der Waals surface area contributed by atoms with E-state index < -0.39 is 0 Å². The van der Waals surface area contributed by atoms with Gasteiger partial charge < -0.3 is 25.3 Å². The lowest BCUT2D eigenvalue weighted by Crippen LogP contribution is -2.03. The Morgan fingerprint density at radius 3 is 1.96 bits per heavy atom. The van der Waals surface area contributed by atoms with Crippen LogP contribution in [0.5, 0.6) is 0 Å². The molecule has 0 aliphatic heterocycles. The fourth-order valence-corrected chi connectivity index (χ4v) is 5.11. The molecular weight excluding hydrogens is 703 g/mol. The van der Waals surface area contributed by atoms with E-state index in [4.69, 9.17) is 67.3 Å². The Labute approximate surface area is 294 Å². The summed E-state index contributed by atoms with van der Waals surface area (Å²) in [6.45, 7) is 3.93. The highest BCUT2D eigenvalue weighted by atomic mass is 35.5. The molecule has 2 aromatic carbocycles. The Hall–Kier alpha value is -4.08. The number of halogens is 3. The number of anilines is 2. The summed E-state index contributed by atoms with van der Waals surface area (Å²) in [6, 6.07) is 14.8. The van der Waals surface area contributed by atoms with Crippen molar-refractivity contribution in [1.29, 1.82) is 0 Å². The maximum absolute atomic E-state index is 5.99. The van der Waals surface area contributed by atoms with E-state index in [1.165, 1.54) is 11.8 Å². The zero-order chi connectivity index (χ0) is 33.8. The van der Waals surface area contributed by atoms with Gasteiger partial charge in [0, 0.05) is 34.0 Å². The lowest BCUT2D eigenvalue weighted by Gasteiger charge is -2.01.